The van der Waals surface area contributed by atoms with E-state index < -0.39 is 0 Å². The monoisotopic (exact) mass is 154 g/mol. The molecule has 0 bridgehead atoms. The van der Waals surface area contributed by atoms with Crippen LogP contribution in [0.25, 0.3) is 0 Å². The van der Waals surface area contributed by atoms with Gasteiger partial charge in [-0.15, -0.1) is 0 Å². The average molecular weight is 154 g/mol. The van der Waals surface area contributed by atoms with Gasteiger partial charge in [-0.3, -0.25) is 4.79 Å². The van der Waals surface area contributed by atoms with E-state index in [1.54, 1.807) is 0 Å². The van der Waals surface area contributed by atoms with Gasteiger partial charge < -0.3 is 4.74 Å². The normalized spacial score (nSPS) is 32.0. The molecule has 0 aromatic carbocycles. The highest BCUT2D eigenvalue weighted by Crippen LogP contribution is 2.26. The van der Waals surface area contributed by atoms with E-state index in [-0.39, 0.29) is 11.4 Å². The Bertz CT molecular complexity index is 184. The third-order valence-electron chi connectivity index (χ3n) is 1.94. The predicted molar refractivity (Wildman–Crippen MR) is 43.4 cm³/mol. The topological polar surface area (TPSA) is 26.3 Å². The van der Waals surface area contributed by atoms with Gasteiger partial charge in [0.2, 0.25) is 0 Å². The molecule has 0 aromatic heterocycles. The minimum Gasteiger partial charge on any atom is -0.367 e. The van der Waals surface area contributed by atoms with Gasteiger partial charge in [-0.2, -0.15) is 0 Å². The largest absolute Gasteiger partial charge is 0.367 e. The van der Waals surface area contributed by atoms with E-state index in [2.05, 4.69) is 0 Å². The van der Waals surface area contributed by atoms with Gasteiger partial charge in [0, 0.05) is 6.42 Å². The highest BCUT2D eigenvalue weighted by molar-refractivity contribution is 5.82. The molecule has 1 fully saturated rings. The quantitative estimate of drug-likeness (QED) is 0.566. The van der Waals surface area contributed by atoms with E-state index >= 15 is 0 Å². The standard InChI is InChI=1S/C9H14O2/c1-3-4-5-9(2)6-8(10)7-11-9/h3-4H,5-7H2,1-2H3/b4-3-. The second-order valence-corrected chi connectivity index (χ2v) is 3.23. The number of carbonyl (C=O) groups excluding carboxylic acids is 1. The minimum atomic E-state index is -0.219. The fourth-order valence-corrected chi connectivity index (χ4v) is 1.27. The molecule has 0 radical (unpaired) electrons. The Morgan fingerprint density at radius 3 is 2.91 bits per heavy atom. The van der Waals surface area contributed by atoms with Gasteiger partial charge in [-0.05, 0) is 20.3 Å². The van der Waals surface area contributed by atoms with Gasteiger partial charge in [0.15, 0.2) is 5.78 Å². The van der Waals surface area contributed by atoms with E-state index in [0.29, 0.717) is 13.0 Å². The van der Waals surface area contributed by atoms with Crippen LogP contribution >= 0.6 is 0 Å². The Kier molecular flexibility index (Phi) is 2.45. The number of Topliss-reactive ketones (excluding diaryl/α,β-unsaturated/α-hetero) is 1. The van der Waals surface area contributed by atoms with Gasteiger partial charge in [-0.25, -0.2) is 0 Å². The van der Waals surface area contributed by atoms with Crippen LogP contribution in [0, 0.1) is 0 Å². The summed E-state index contributed by atoms with van der Waals surface area (Å²) in [4.78, 5) is 10.9. The summed E-state index contributed by atoms with van der Waals surface area (Å²) in [5.74, 6) is 0.219. The molecule has 2 nitrogen and oxygen atoms in total. The van der Waals surface area contributed by atoms with Crippen LogP contribution in [0.2, 0.25) is 0 Å². The molecular weight excluding hydrogens is 140 g/mol. The van der Waals surface area contributed by atoms with E-state index in [0.717, 1.165) is 6.42 Å². The molecular formula is C9H14O2. The Morgan fingerprint density at radius 2 is 2.45 bits per heavy atom. The van der Waals surface area contributed by atoms with Crippen LogP contribution in [0.1, 0.15) is 26.7 Å². The zero-order chi connectivity index (χ0) is 8.32. The summed E-state index contributed by atoms with van der Waals surface area (Å²) in [7, 11) is 0. The lowest BCUT2D eigenvalue weighted by molar-refractivity contribution is -0.117. The number of hydrogen-bond acceptors (Lipinski definition) is 2. The maximum atomic E-state index is 10.9. The number of carbonyl (C=O) groups is 1. The summed E-state index contributed by atoms with van der Waals surface area (Å²) in [6.07, 6.45) is 5.43. The van der Waals surface area contributed by atoms with Gasteiger partial charge in [-0.1, -0.05) is 12.2 Å². The van der Waals surface area contributed by atoms with Crippen LogP contribution in [0.5, 0.6) is 0 Å². The first-order chi connectivity index (χ1) is 5.16. The maximum Gasteiger partial charge on any atom is 0.161 e. The first kappa shape index (κ1) is 8.47. The lowest BCUT2D eigenvalue weighted by Crippen LogP contribution is -2.21. The number of allylic oxidation sites excluding steroid dienone is 1. The van der Waals surface area contributed by atoms with E-state index in [9.17, 15) is 4.79 Å². The Hall–Kier alpha value is -0.630. The van der Waals surface area contributed by atoms with Crippen molar-refractivity contribution in [3.63, 3.8) is 0 Å². The predicted octanol–water partition coefficient (Wildman–Crippen LogP) is 1.70. The lowest BCUT2D eigenvalue weighted by Gasteiger charge is -2.19. The summed E-state index contributed by atoms with van der Waals surface area (Å²) >= 11 is 0. The van der Waals surface area contributed by atoms with Crippen LogP contribution in [0.15, 0.2) is 12.2 Å². The van der Waals surface area contributed by atoms with Crippen LogP contribution in [-0.4, -0.2) is 18.0 Å². The molecule has 1 aliphatic heterocycles. The molecule has 0 aromatic rings. The van der Waals surface area contributed by atoms with Crippen molar-refractivity contribution in [3.05, 3.63) is 12.2 Å². The number of hydrogen-bond donors (Lipinski definition) is 0. The van der Waals surface area contributed by atoms with Crippen molar-refractivity contribution >= 4 is 5.78 Å². The van der Waals surface area contributed by atoms with Crippen molar-refractivity contribution in [2.45, 2.75) is 32.3 Å². The number of ether oxygens (including phenoxy) is 1. The van der Waals surface area contributed by atoms with Gasteiger partial charge >= 0.3 is 0 Å². The molecule has 1 rings (SSSR count). The van der Waals surface area contributed by atoms with Crippen molar-refractivity contribution in [2.24, 2.45) is 0 Å². The Balaban J connectivity index is 2.48. The maximum absolute atomic E-state index is 10.9. The second-order valence-electron chi connectivity index (χ2n) is 3.23. The Labute approximate surface area is 67.2 Å². The molecule has 0 spiro atoms. The van der Waals surface area contributed by atoms with Crippen molar-refractivity contribution in [1.82, 2.24) is 0 Å². The minimum absolute atomic E-state index is 0.219. The van der Waals surface area contributed by atoms with Crippen molar-refractivity contribution in [3.8, 4) is 0 Å². The molecule has 11 heavy (non-hydrogen) atoms. The summed E-state index contributed by atoms with van der Waals surface area (Å²) < 4.78 is 5.35. The van der Waals surface area contributed by atoms with Gasteiger partial charge in [0.1, 0.15) is 6.61 Å². The molecule has 1 unspecified atom stereocenters. The van der Waals surface area contributed by atoms with E-state index in [1.165, 1.54) is 0 Å². The molecule has 1 heterocycles. The van der Waals surface area contributed by atoms with Crippen LogP contribution in [0.3, 0.4) is 0 Å². The SMILES string of the molecule is C/C=C\CC1(C)CC(=O)CO1. The van der Waals surface area contributed by atoms with Crippen LogP contribution < -0.4 is 0 Å². The van der Waals surface area contributed by atoms with Gasteiger partial charge in [0.05, 0.1) is 5.60 Å². The average Bonchev–Trinajstić information content (AvgIpc) is 2.28. The lowest BCUT2D eigenvalue weighted by atomic mass is 9.98. The van der Waals surface area contributed by atoms with E-state index in [4.69, 9.17) is 4.74 Å². The molecule has 0 aliphatic carbocycles. The molecule has 2 heteroatoms. The third kappa shape index (κ3) is 2.15. The number of ketones is 1. The van der Waals surface area contributed by atoms with Crippen LogP contribution in [0.4, 0.5) is 0 Å². The zero-order valence-corrected chi connectivity index (χ0v) is 7.09. The highest BCUT2D eigenvalue weighted by atomic mass is 16.5. The molecule has 1 atom stereocenters. The second kappa shape index (κ2) is 3.18. The number of rotatable bonds is 2. The van der Waals surface area contributed by atoms with Crippen molar-refractivity contribution in [1.29, 1.82) is 0 Å². The fraction of sp³-hybridized carbons (Fsp3) is 0.667. The molecule has 0 N–H and O–H groups in total. The summed E-state index contributed by atoms with van der Waals surface area (Å²) in [6, 6.07) is 0. The van der Waals surface area contributed by atoms with Gasteiger partial charge in [0.25, 0.3) is 0 Å². The molecule has 1 aliphatic rings. The zero-order valence-electron chi connectivity index (χ0n) is 7.09. The van der Waals surface area contributed by atoms with E-state index in [1.807, 2.05) is 26.0 Å². The molecule has 0 saturated carbocycles. The third-order valence-corrected chi connectivity index (χ3v) is 1.94. The molecule has 0 amide bonds. The first-order valence-corrected chi connectivity index (χ1v) is 3.93. The smallest absolute Gasteiger partial charge is 0.161 e. The first-order valence-electron chi connectivity index (χ1n) is 3.93. The summed E-state index contributed by atoms with van der Waals surface area (Å²) in [5, 5.41) is 0. The van der Waals surface area contributed by atoms with Crippen molar-refractivity contribution in [2.75, 3.05) is 6.61 Å². The molecule has 1 saturated heterocycles. The summed E-state index contributed by atoms with van der Waals surface area (Å²) in [5.41, 5.74) is -0.219. The summed E-state index contributed by atoms with van der Waals surface area (Å²) in [6.45, 7) is 4.26. The fourth-order valence-electron chi connectivity index (χ4n) is 1.27. The van der Waals surface area contributed by atoms with Crippen molar-refractivity contribution < 1.29 is 9.53 Å². The van der Waals surface area contributed by atoms with Crippen LogP contribution in [-0.2, 0) is 9.53 Å². The Morgan fingerprint density at radius 1 is 1.73 bits per heavy atom. The molecule has 62 valence electrons. The highest BCUT2D eigenvalue weighted by Gasteiger charge is 2.33.